The fraction of sp³-hybridized carbons (Fsp3) is 0.500. The Labute approximate surface area is 118 Å². The van der Waals surface area contributed by atoms with Gasteiger partial charge in [0, 0.05) is 19.2 Å². The first-order valence-corrected chi connectivity index (χ1v) is 6.89. The average molecular weight is 276 g/mol. The van der Waals surface area contributed by atoms with Crippen molar-refractivity contribution in [2.45, 2.75) is 32.2 Å². The summed E-state index contributed by atoms with van der Waals surface area (Å²) in [6, 6.07) is 3.54. The molecule has 6 heteroatoms. The van der Waals surface area contributed by atoms with Crippen LogP contribution in [0.4, 0.5) is 5.82 Å². The number of anilines is 1. The van der Waals surface area contributed by atoms with Gasteiger partial charge < -0.3 is 16.0 Å². The van der Waals surface area contributed by atoms with Crippen molar-refractivity contribution in [3.63, 3.8) is 0 Å². The summed E-state index contributed by atoms with van der Waals surface area (Å²) in [7, 11) is 0. The molecule has 2 rings (SSSR count). The normalized spacial score (nSPS) is 17.8. The van der Waals surface area contributed by atoms with Crippen LogP contribution in [0.25, 0.3) is 0 Å². The lowest BCUT2D eigenvalue weighted by atomic mass is 10.2. The van der Waals surface area contributed by atoms with Crippen molar-refractivity contribution in [2.75, 3.05) is 18.4 Å². The van der Waals surface area contributed by atoms with Crippen molar-refractivity contribution < 1.29 is 9.59 Å². The van der Waals surface area contributed by atoms with Crippen LogP contribution in [0.3, 0.4) is 0 Å². The molecule has 1 aliphatic heterocycles. The zero-order chi connectivity index (χ0) is 14.4. The van der Waals surface area contributed by atoms with Crippen molar-refractivity contribution in [3.05, 3.63) is 23.9 Å². The van der Waals surface area contributed by atoms with Crippen LogP contribution in [0, 0.1) is 6.92 Å². The molecule has 108 valence electrons. The van der Waals surface area contributed by atoms with Crippen LogP contribution >= 0.6 is 0 Å². The smallest absolute Gasteiger partial charge is 0.237 e. The van der Waals surface area contributed by atoms with E-state index in [4.69, 9.17) is 0 Å². The van der Waals surface area contributed by atoms with Crippen LogP contribution < -0.4 is 16.0 Å². The van der Waals surface area contributed by atoms with E-state index < -0.39 is 0 Å². The van der Waals surface area contributed by atoms with Gasteiger partial charge in [0.15, 0.2) is 0 Å². The average Bonchev–Trinajstić information content (AvgIpc) is 2.95. The van der Waals surface area contributed by atoms with Crippen LogP contribution in [0.2, 0.25) is 0 Å². The number of carbonyl (C=O) groups excluding carboxylic acids is 2. The lowest BCUT2D eigenvalue weighted by Crippen LogP contribution is -2.41. The first-order chi connectivity index (χ1) is 9.65. The lowest BCUT2D eigenvalue weighted by molar-refractivity contribution is -0.122. The molecule has 3 N–H and O–H groups in total. The number of aryl methyl sites for hydroxylation is 1. The molecule has 1 saturated heterocycles. The quantitative estimate of drug-likeness (QED) is 0.735. The van der Waals surface area contributed by atoms with Crippen molar-refractivity contribution >= 4 is 17.6 Å². The highest BCUT2D eigenvalue weighted by atomic mass is 16.2. The summed E-state index contributed by atoms with van der Waals surface area (Å²) in [5.41, 5.74) is 1.04. The molecule has 0 bridgehead atoms. The van der Waals surface area contributed by atoms with Gasteiger partial charge in [-0.1, -0.05) is 6.07 Å². The van der Waals surface area contributed by atoms with Gasteiger partial charge >= 0.3 is 0 Å². The number of amides is 2. The maximum Gasteiger partial charge on any atom is 0.237 e. The van der Waals surface area contributed by atoms with E-state index in [-0.39, 0.29) is 24.3 Å². The summed E-state index contributed by atoms with van der Waals surface area (Å²) < 4.78 is 0. The first-order valence-electron chi connectivity index (χ1n) is 6.89. The number of pyridine rings is 1. The van der Waals surface area contributed by atoms with E-state index in [0.717, 1.165) is 24.9 Å². The van der Waals surface area contributed by atoms with E-state index in [9.17, 15) is 9.59 Å². The van der Waals surface area contributed by atoms with Gasteiger partial charge in [-0.3, -0.25) is 9.59 Å². The molecular weight excluding hydrogens is 256 g/mol. The second kappa shape index (κ2) is 7.00. The number of carbonyl (C=O) groups is 2. The zero-order valence-corrected chi connectivity index (χ0v) is 11.6. The Bertz CT molecular complexity index is 467. The maximum absolute atomic E-state index is 11.7. The minimum atomic E-state index is -0.152. The predicted octanol–water partition coefficient (Wildman–Crippen LogP) is 0.587. The predicted molar refractivity (Wildman–Crippen MR) is 76.3 cm³/mol. The Kier molecular flexibility index (Phi) is 5.06. The minimum absolute atomic E-state index is 0.0243. The topological polar surface area (TPSA) is 83.1 Å². The second-order valence-corrected chi connectivity index (χ2v) is 4.96. The third kappa shape index (κ3) is 4.31. The molecule has 0 aliphatic carbocycles. The van der Waals surface area contributed by atoms with Gasteiger partial charge in [0.1, 0.15) is 5.82 Å². The summed E-state index contributed by atoms with van der Waals surface area (Å²) in [4.78, 5) is 27.5. The molecule has 20 heavy (non-hydrogen) atoms. The van der Waals surface area contributed by atoms with Crippen LogP contribution in [-0.2, 0) is 9.59 Å². The molecule has 0 radical (unpaired) electrons. The summed E-state index contributed by atoms with van der Waals surface area (Å²) in [6.45, 7) is 3.16. The second-order valence-electron chi connectivity index (χ2n) is 4.96. The summed E-state index contributed by atoms with van der Waals surface area (Å²) in [5, 5.41) is 8.58. The summed E-state index contributed by atoms with van der Waals surface area (Å²) >= 11 is 0. The molecule has 2 heterocycles. The summed E-state index contributed by atoms with van der Waals surface area (Å²) in [6.07, 6.45) is 3.83. The van der Waals surface area contributed by atoms with Gasteiger partial charge in [-0.05, 0) is 37.9 Å². The van der Waals surface area contributed by atoms with Gasteiger partial charge in [-0.15, -0.1) is 0 Å². The molecule has 6 nitrogen and oxygen atoms in total. The van der Waals surface area contributed by atoms with Gasteiger partial charge in [0.25, 0.3) is 0 Å². The molecule has 0 spiro atoms. The van der Waals surface area contributed by atoms with Crippen LogP contribution in [0.5, 0.6) is 0 Å². The third-order valence-electron chi connectivity index (χ3n) is 3.21. The lowest BCUT2D eigenvalue weighted by Gasteiger charge is -2.10. The molecule has 1 aromatic heterocycles. The van der Waals surface area contributed by atoms with Gasteiger partial charge in [-0.2, -0.15) is 0 Å². The number of hydrogen-bond donors (Lipinski definition) is 3. The Balaban J connectivity index is 1.67. The standard InChI is InChI=1S/C14H20N4O2/c1-10-4-5-12(17-9-10)18-13(19)6-8-16-14(20)11-3-2-7-15-11/h4-5,9,11,15H,2-3,6-8H2,1H3,(H,16,20)(H,17,18,19). The summed E-state index contributed by atoms with van der Waals surface area (Å²) in [5.74, 6) is 0.356. The van der Waals surface area contributed by atoms with Crippen molar-refractivity contribution in [1.29, 1.82) is 0 Å². The Morgan fingerprint density at radius 2 is 2.30 bits per heavy atom. The monoisotopic (exact) mass is 276 g/mol. The van der Waals surface area contributed by atoms with Crippen LogP contribution in [0.15, 0.2) is 18.3 Å². The highest BCUT2D eigenvalue weighted by molar-refractivity contribution is 5.90. The maximum atomic E-state index is 11.7. The minimum Gasteiger partial charge on any atom is -0.354 e. The van der Waals surface area contributed by atoms with E-state index in [2.05, 4.69) is 20.9 Å². The highest BCUT2D eigenvalue weighted by Gasteiger charge is 2.21. The molecule has 2 amide bonds. The van der Waals surface area contributed by atoms with Gasteiger partial charge in [-0.25, -0.2) is 4.98 Å². The number of rotatable bonds is 5. The van der Waals surface area contributed by atoms with Crippen molar-refractivity contribution in [3.8, 4) is 0 Å². The number of hydrogen-bond acceptors (Lipinski definition) is 4. The largest absolute Gasteiger partial charge is 0.354 e. The van der Waals surface area contributed by atoms with Crippen molar-refractivity contribution in [1.82, 2.24) is 15.6 Å². The molecule has 0 aromatic carbocycles. The van der Waals surface area contributed by atoms with E-state index in [1.165, 1.54) is 0 Å². The number of nitrogens with zero attached hydrogens (tertiary/aromatic N) is 1. The van der Waals surface area contributed by atoms with Crippen LogP contribution in [-0.4, -0.2) is 35.9 Å². The Morgan fingerprint density at radius 1 is 1.45 bits per heavy atom. The fourth-order valence-corrected chi connectivity index (χ4v) is 2.08. The fourth-order valence-electron chi connectivity index (χ4n) is 2.08. The van der Waals surface area contributed by atoms with E-state index in [1.807, 2.05) is 13.0 Å². The molecule has 1 aromatic rings. The molecule has 1 aliphatic rings. The van der Waals surface area contributed by atoms with Crippen LogP contribution in [0.1, 0.15) is 24.8 Å². The third-order valence-corrected chi connectivity index (χ3v) is 3.21. The van der Waals surface area contributed by atoms with Gasteiger partial charge in [0.05, 0.1) is 6.04 Å². The first kappa shape index (κ1) is 14.5. The molecule has 1 fully saturated rings. The number of aromatic nitrogens is 1. The highest BCUT2D eigenvalue weighted by Crippen LogP contribution is 2.05. The molecule has 1 atom stereocenters. The molecular formula is C14H20N4O2. The number of nitrogens with one attached hydrogen (secondary N) is 3. The molecule has 1 unspecified atom stereocenters. The van der Waals surface area contributed by atoms with Gasteiger partial charge in [0.2, 0.25) is 11.8 Å². The van der Waals surface area contributed by atoms with E-state index >= 15 is 0 Å². The SMILES string of the molecule is Cc1ccc(NC(=O)CCNC(=O)C2CCCN2)nc1. The zero-order valence-electron chi connectivity index (χ0n) is 11.6. The Hall–Kier alpha value is -1.95. The molecule has 0 saturated carbocycles. The Morgan fingerprint density at radius 3 is 2.95 bits per heavy atom. The van der Waals surface area contributed by atoms with Crippen molar-refractivity contribution in [2.24, 2.45) is 0 Å². The van der Waals surface area contributed by atoms with E-state index in [1.54, 1.807) is 12.3 Å². The van der Waals surface area contributed by atoms with E-state index in [0.29, 0.717) is 12.4 Å².